The molecule has 0 heterocycles. The van der Waals surface area contributed by atoms with Gasteiger partial charge in [0.1, 0.15) is 12.4 Å². The van der Waals surface area contributed by atoms with Crippen molar-refractivity contribution in [3.63, 3.8) is 0 Å². The highest BCUT2D eigenvalue weighted by molar-refractivity contribution is 6.31. The summed E-state index contributed by atoms with van der Waals surface area (Å²) in [5, 5.41) is 6.61. The van der Waals surface area contributed by atoms with E-state index in [1.807, 2.05) is 73.7 Å². The topological polar surface area (TPSA) is 50.4 Å². The fourth-order valence-electron chi connectivity index (χ4n) is 2.56. The number of benzene rings is 3. The molecule has 0 radical (unpaired) electrons. The minimum atomic E-state index is -0.143. The van der Waals surface area contributed by atoms with Crippen molar-refractivity contribution in [1.82, 2.24) is 0 Å². The third-order valence-electron chi connectivity index (χ3n) is 4.08. The van der Waals surface area contributed by atoms with Crippen molar-refractivity contribution in [2.75, 3.05) is 17.2 Å². The standard InChI is InChI=1S/C22H21ClN2O2/c1-16-20(23)11-6-12-21(16)25-22(26)14-24-18-9-5-10-19(13-18)27-15-17-7-3-2-4-8-17/h2-13,24H,14-15H2,1H3,(H,25,26). The van der Waals surface area contributed by atoms with Crippen molar-refractivity contribution in [1.29, 1.82) is 0 Å². The van der Waals surface area contributed by atoms with Crippen molar-refractivity contribution in [2.24, 2.45) is 0 Å². The molecule has 0 saturated heterocycles. The van der Waals surface area contributed by atoms with Crippen LogP contribution in [0.5, 0.6) is 5.75 Å². The van der Waals surface area contributed by atoms with Crippen LogP contribution in [0.1, 0.15) is 11.1 Å². The van der Waals surface area contributed by atoms with Gasteiger partial charge >= 0.3 is 0 Å². The predicted molar refractivity (Wildman–Crippen MR) is 111 cm³/mol. The molecule has 3 rings (SSSR count). The lowest BCUT2D eigenvalue weighted by Crippen LogP contribution is -2.22. The lowest BCUT2D eigenvalue weighted by molar-refractivity contribution is -0.114. The third-order valence-corrected chi connectivity index (χ3v) is 4.49. The number of anilines is 2. The van der Waals surface area contributed by atoms with Crippen molar-refractivity contribution < 1.29 is 9.53 Å². The molecule has 4 nitrogen and oxygen atoms in total. The fourth-order valence-corrected chi connectivity index (χ4v) is 2.73. The van der Waals surface area contributed by atoms with Crippen LogP contribution in [-0.2, 0) is 11.4 Å². The van der Waals surface area contributed by atoms with Gasteiger partial charge in [0.25, 0.3) is 0 Å². The molecule has 0 bridgehead atoms. The Hall–Kier alpha value is -2.98. The van der Waals surface area contributed by atoms with Crippen molar-refractivity contribution >= 4 is 28.9 Å². The molecule has 2 N–H and O–H groups in total. The zero-order valence-corrected chi connectivity index (χ0v) is 15.8. The van der Waals surface area contributed by atoms with Gasteiger partial charge in [-0.05, 0) is 42.3 Å². The highest BCUT2D eigenvalue weighted by atomic mass is 35.5. The third kappa shape index (κ3) is 5.50. The maximum atomic E-state index is 12.2. The van der Waals surface area contributed by atoms with Crippen LogP contribution in [0.25, 0.3) is 0 Å². The minimum Gasteiger partial charge on any atom is -0.489 e. The SMILES string of the molecule is Cc1c(Cl)cccc1NC(=O)CNc1cccc(OCc2ccccc2)c1. The predicted octanol–water partition coefficient (Wildman–Crippen LogP) is 5.28. The van der Waals surface area contributed by atoms with Crippen molar-refractivity contribution in [2.45, 2.75) is 13.5 Å². The van der Waals surface area contributed by atoms with Crippen LogP contribution in [0.3, 0.4) is 0 Å². The molecule has 0 unspecified atom stereocenters. The van der Waals surface area contributed by atoms with Gasteiger partial charge in [-0.2, -0.15) is 0 Å². The Labute approximate surface area is 164 Å². The van der Waals surface area contributed by atoms with E-state index in [2.05, 4.69) is 10.6 Å². The van der Waals surface area contributed by atoms with Gasteiger partial charge in [-0.3, -0.25) is 4.79 Å². The summed E-state index contributed by atoms with van der Waals surface area (Å²) >= 11 is 6.08. The quantitative estimate of drug-likeness (QED) is 0.586. The molecule has 1 amide bonds. The molecule has 0 atom stereocenters. The number of rotatable bonds is 7. The first-order chi connectivity index (χ1) is 13.1. The number of hydrogen-bond donors (Lipinski definition) is 2. The highest BCUT2D eigenvalue weighted by Gasteiger charge is 2.07. The summed E-state index contributed by atoms with van der Waals surface area (Å²) in [4.78, 5) is 12.2. The molecule has 0 fully saturated rings. The van der Waals surface area contributed by atoms with Gasteiger partial charge in [0, 0.05) is 22.5 Å². The van der Waals surface area contributed by atoms with Crippen LogP contribution >= 0.6 is 11.6 Å². The Morgan fingerprint density at radius 1 is 1.00 bits per heavy atom. The van der Waals surface area contributed by atoms with E-state index in [4.69, 9.17) is 16.3 Å². The number of halogens is 1. The number of nitrogens with one attached hydrogen (secondary N) is 2. The van der Waals surface area contributed by atoms with Crippen LogP contribution in [0, 0.1) is 6.92 Å². The molecule has 27 heavy (non-hydrogen) atoms. The Morgan fingerprint density at radius 3 is 2.59 bits per heavy atom. The second-order valence-electron chi connectivity index (χ2n) is 6.12. The lowest BCUT2D eigenvalue weighted by atomic mass is 10.2. The molecule has 0 aliphatic carbocycles. The summed E-state index contributed by atoms with van der Waals surface area (Å²) in [6.07, 6.45) is 0. The Balaban J connectivity index is 1.53. The maximum Gasteiger partial charge on any atom is 0.243 e. The van der Waals surface area contributed by atoms with E-state index in [1.54, 1.807) is 6.07 Å². The summed E-state index contributed by atoms with van der Waals surface area (Å²) in [5.74, 6) is 0.603. The van der Waals surface area contributed by atoms with E-state index < -0.39 is 0 Å². The number of hydrogen-bond acceptors (Lipinski definition) is 3. The van der Waals surface area contributed by atoms with Gasteiger partial charge in [0.05, 0.1) is 6.54 Å². The monoisotopic (exact) mass is 380 g/mol. The Bertz CT molecular complexity index is 913. The summed E-state index contributed by atoms with van der Waals surface area (Å²) in [6, 6.07) is 23.0. The van der Waals surface area contributed by atoms with E-state index >= 15 is 0 Å². The van der Waals surface area contributed by atoms with Crippen LogP contribution < -0.4 is 15.4 Å². The molecule has 3 aromatic carbocycles. The second kappa shape index (κ2) is 9.10. The molecule has 0 spiro atoms. The van der Waals surface area contributed by atoms with Gasteiger partial charge in [-0.15, -0.1) is 0 Å². The minimum absolute atomic E-state index is 0.143. The highest BCUT2D eigenvalue weighted by Crippen LogP contribution is 2.23. The van der Waals surface area contributed by atoms with Crippen LogP contribution in [0.2, 0.25) is 5.02 Å². The fraction of sp³-hybridized carbons (Fsp3) is 0.136. The van der Waals surface area contributed by atoms with Crippen LogP contribution in [0.15, 0.2) is 72.8 Å². The summed E-state index contributed by atoms with van der Waals surface area (Å²) < 4.78 is 5.81. The number of carbonyl (C=O) groups is 1. The van der Waals surface area contributed by atoms with E-state index in [9.17, 15) is 4.79 Å². The summed E-state index contributed by atoms with van der Waals surface area (Å²) in [5.41, 5.74) is 3.49. The average molecular weight is 381 g/mol. The number of ether oxygens (including phenoxy) is 1. The Kier molecular flexibility index (Phi) is 6.34. The van der Waals surface area contributed by atoms with Gasteiger partial charge in [0.2, 0.25) is 5.91 Å². The first kappa shape index (κ1) is 18.8. The van der Waals surface area contributed by atoms with Crippen LogP contribution in [0.4, 0.5) is 11.4 Å². The largest absolute Gasteiger partial charge is 0.489 e. The van der Waals surface area contributed by atoms with Gasteiger partial charge in [-0.25, -0.2) is 0 Å². The zero-order chi connectivity index (χ0) is 19.1. The average Bonchev–Trinajstić information content (AvgIpc) is 2.69. The zero-order valence-electron chi connectivity index (χ0n) is 15.0. The number of amides is 1. The molecule has 3 aromatic rings. The van der Waals surface area contributed by atoms with Gasteiger partial charge in [-0.1, -0.05) is 54.1 Å². The van der Waals surface area contributed by atoms with E-state index in [0.29, 0.717) is 17.3 Å². The normalized spacial score (nSPS) is 10.3. The summed E-state index contributed by atoms with van der Waals surface area (Å²) in [6.45, 7) is 2.52. The molecule has 5 heteroatoms. The van der Waals surface area contributed by atoms with Gasteiger partial charge in [0.15, 0.2) is 0 Å². The first-order valence-corrected chi connectivity index (χ1v) is 9.05. The summed E-state index contributed by atoms with van der Waals surface area (Å²) in [7, 11) is 0. The smallest absolute Gasteiger partial charge is 0.243 e. The number of carbonyl (C=O) groups excluding carboxylic acids is 1. The van der Waals surface area contributed by atoms with E-state index in [-0.39, 0.29) is 12.5 Å². The molecular formula is C22H21ClN2O2. The molecule has 0 aromatic heterocycles. The molecule has 0 aliphatic rings. The van der Waals surface area contributed by atoms with E-state index in [0.717, 1.165) is 22.6 Å². The molecule has 0 saturated carbocycles. The van der Waals surface area contributed by atoms with Gasteiger partial charge < -0.3 is 15.4 Å². The molecule has 138 valence electrons. The maximum absolute atomic E-state index is 12.2. The lowest BCUT2D eigenvalue weighted by Gasteiger charge is -2.12. The van der Waals surface area contributed by atoms with Crippen molar-refractivity contribution in [3.05, 3.63) is 88.9 Å². The Morgan fingerprint density at radius 2 is 1.78 bits per heavy atom. The van der Waals surface area contributed by atoms with E-state index in [1.165, 1.54) is 0 Å². The molecule has 0 aliphatic heterocycles. The van der Waals surface area contributed by atoms with Crippen LogP contribution in [-0.4, -0.2) is 12.5 Å². The second-order valence-corrected chi connectivity index (χ2v) is 6.52. The first-order valence-electron chi connectivity index (χ1n) is 8.67. The van der Waals surface area contributed by atoms with Crippen molar-refractivity contribution in [3.8, 4) is 5.75 Å². The molecular weight excluding hydrogens is 360 g/mol.